The minimum atomic E-state index is -0.733. The van der Waals surface area contributed by atoms with Crippen LogP contribution in [-0.2, 0) is 6.42 Å². The Labute approximate surface area is 93.9 Å². The quantitative estimate of drug-likeness (QED) is 0.859. The lowest BCUT2D eigenvalue weighted by atomic mass is 9.93. The normalized spacial score (nSPS) is 24.0. The van der Waals surface area contributed by atoms with E-state index < -0.39 is 6.17 Å². The van der Waals surface area contributed by atoms with Gasteiger partial charge in [0, 0.05) is 30.0 Å². The van der Waals surface area contributed by atoms with Crippen LogP contribution in [0.3, 0.4) is 0 Å². The molecule has 0 aromatic carbocycles. The van der Waals surface area contributed by atoms with E-state index in [0.29, 0.717) is 6.42 Å². The molecule has 84 valence electrons. The van der Waals surface area contributed by atoms with Crippen molar-refractivity contribution in [3.63, 3.8) is 0 Å². The fourth-order valence-electron chi connectivity index (χ4n) is 2.02. The molecule has 0 spiro atoms. The third kappa shape index (κ3) is 2.98. The molecule has 1 aliphatic rings. The van der Waals surface area contributed by atoms with Crippen molar-refractivity contribution in [3.8, 4) is 0 Å². The van der Waals surface area contributed by atoms with Crippen LogP contribution in [-0.4, -0.2) is 24.2 Å². The van der Waals surface area contributed by atoms with Crippen molar-refractivity contribution < 1.29 is 4.39 Å². The number of halogens is 1. The second-order valence-electron chi connectivity index (χ2n) is 4.21. The summed E-state index contributed by atoms with van der Waals surface area (Å²) in [7, 11) is 0. The lowest BCUT2D eigenvalue weighted by molar-refractivity contribution is 0.191. The molecule has 0 amide bonds. The molecular formula is C11H17FN2S. The van der Waals surface area contributed by atoms with Crippen molar-refractivity contribution in [2.75, 3.05) is 13.1 Å². The maximum absolute atomic E-state index is 13.9. The third-order valence-corrected chi connectivity index (χ3v) is 3.87. The summed E-state index contributed by atoms with van der Waals surface area (Å²) in [4.78, 5) is 4.30. The van der Waals surface area contributed by atoms with Gasteiger partial charge in [-0.15, -0.1) is 11.3 Å². The Morgan fingerprint density at radius 1 is 1.73 bits per heavy atom. The molecule has 0 radical (unpaired) electrons. The highest BCUT2D eigenvalue weighted by molar-refractivity contribution is 7.09. The maximum Gasteiger partial charge on any atom is 0.110 e. The lowest BCUT2D eigenvalue weighted by Gasteiger charge is -2.25. The molecule has 1 saturated heterocycles. The molecule has 2 unspecified atom stereocenters. The number of aromatic nitrogens is 1. The molecule has 1 aliphatic heterocycles. The number of hydrogen-bond acceptors (Lipinski definition) is 3. The molecule has 0 aliphatic carbocycles. The highest BCUT2D eigenvalue weighted by Gasteiger charge is 2.24. The molecule has 0 bridgehead atoms. The SMILES string of the molecule is Cc1csc(CC(F)C2CCCNC2)n1. The Morgan fingerprint density at radius 2 is 2.60 bits per heavy atom. The number of aryl methyl sites for hydroxylation is 1. The number of alkyl halides is 1. The van der Waals surface area contributed by atoms with Crippen molar-refractivity contribution >= 4 is 11.3 Å². The number of piperidine rings is 1. The average molecular weight is 228 g/mol. The van der Waals surface area contributed by atoms with Crippen LogP contribution in [0.1, 0.15) is 23.5 Å². The van der Waals surface area contributed by atoms with Crippen LogP contribution >= 0.6 is 11.3 Å². The van der Waals surface area contributed by atoms with Gasteiger partial charge in [-0.1, -0.05) is 0 Å². The van der Waals surface area contributed by atoms with Gasteiger partial charge in [0.05, 0.1) is 5.01 Å². The van der Waals surface area contributed by atoms with E-state index in [4.69, 9.17) is 0 Å². The van der Waals surface area contributed by atoms with Gasteiger partial charge in [-0.2, -0.15) is 0 Å². The van der Waals surface area contributed by atoms with Crippen molar-refractivity contribution in [2.24, 2.45) is 5.92 Å². The zero-order valence-corrected chi connectivity index (χ0v) is 9.82. The molecule has 0 saturated carbocycles. The van der Waals surface area contributed by atoms with Crippen LogP contribution in [0.15, 0.2) is 5.38 Å². The average Bonchev–Trinajstić information content (AvgIpc) is 2.65. The molecule has 2 rings (SSSR count). The van der Waals surface area contributed by atoms with E-state index in [2.05, 4.69) is 10.3 Å². The summed E-state index contributed by atoms with van der Waals surface area (Å²) in [6, 6.07) is 0. The fraction of sp³-hybridized carbons (Fsp3) is 0.727. The molecule has 1 fully saturated rings. The van der Waals surface area contributed by atoms with Gasteiger partial charge in [-0.05, 0) is 26.3 Å². The van der Waals surface area contributed by atoms with Crippen LogP contribution in [0.4, 0.5) is 4.39 Å². The zero-order chi connectivity index (χ0) is 10.7. The smallest absolute Gasteiger partial charge is 0.110 e. The van der Waals surface area contributed by atoms with E-state index in [0.717, 1.165) is 36.6 Å². The highest BCUT2D eigenvalue weighted by Crippen LogP contribution is 2.22. The summed E-state index contributed by atoms with van der Waals surface area (Å²) in [6.45, 7) is 3.82. The number of nitrogens with one attached hydrogen (secondary N) is 1. The number of thiazole rings is 1. The maximum atomic E-state index is 13.9. The molecule has 4 heteroatoms. The Kier molecular flexibility index (Phi) is 3.70. The minimum absolute atomic E-state index is 0.183. The van der Waals surface area contributed by atoms with E-state index in [1.165, 1.54) is 0 Å². The number of nitrogens with zero attached hydrogens (tertiary/aromatic N) is 1. The van der Waals surface area contributed by atoms with Crippen LogP contribution in [0.25, 0.3) is 0 Å². The van der Waals surface area contributed by atoms with Gasteiger partial charge in [-0.25, -0.2) is 9.37 Å². The van der Waals surface area contributed by atoms with Gasteiger partial charge in [0.1, 0.15) is 6.17 Å². The Morgan fingerprint density at radius 3 is 3.20 bits per heavy atom. The van der Waals surface area contributed by atoms with Crippen molar-refractivity contribution in [3.05, 3.63) is 16.1 Å². The van der Waals surface area contributed by atoms with Crippen LogP contribution in [0.2, 0.25) is 0 Å². The molecule has 2 atom stereocenters. The van der Waals surface area contributed by atoms with E-state index >= 15 is 0 Å². The summed E-state index contributed by atoms with van der Waals surface area (Å²) in [5, 5.41) is 6.17. The van der Waals surface area contributed by atoms with E-state index in [1.807, 2.05) is 12.3 Å². The largest absolute Gasteiger partial charge is 0.316 e. The number of hydrogen-bond donors (Lipinski definition) is 1. The van der Waals surface area contributed by atoms with Crippen molar-refractivity contribution in [1.82, 2.24) is 10.3 Å². The first-order valence-corrected chi connectivity index (χ1v) is 6.39. The minimum Gasteiger partial charge on any atom is -0.316 e. The molecular weight excluding hydrogens is 211 g/mol. The first kappa shape index (κ1) is 11.0. The second kappa shape index (κ2) is 5.03. The van der Waals surface area contributed by atoms with Gasteiger partial charge in [0.25, 0.3) is 0 Å². The topological polar surface area (TPSA) is 24.9 Å². The first-order valence-electron chi connectivity index (χ1n) is 5.51. The monoisotopic (exact) mass is 228 g/mol. The molecule has 15 heavy (non-hydrogen) atoms. The summed E-state index contributed by atoms with van der Waals surface area (Å²) in [6.07, 6.45) is 1.87. The van der Waals surface area contributed by atoms with Gasteiger partial charge in [0.15, 0.2) is 0 Å². The lowest BCUT2D eigenvalue weighted by Crippen LogP contribution is -2.35. The second-order valence-corrected chi connectivity index (χ2v) is 5.15. The summed E-state index contributed by atoms with van der Waals surface area (Å²) < 4.78 is 13.9. The van der Waals surface area contributed by atoms with Gasteiger partial charge in [0.2, 0.25) is 0 Å². The van der Waals surface area contributed by atoms with Crippen LogP contribution < -0.4 is 5.32 Å². The summed E-state index contributed by atoms with van der Waals surface area (Å²) in [5.41, 5.74) is 1.00. The zero-order valence-electron chi connectivity index (χ0n) is 9.00. The third-order valence-electron chi connectivity index (χ3n) is 2.88. The van der Waals surface area contributed by atoms with E-state index in [9.17, 15) is 4.39 Å². The summed E-state index contributed by atoms with van der Waals surface area (Å²) >= 11 is 1.57. The van der Waals surface area contributed by atoms with Crippen LogP contribution in [0.5, 0.6) is 0 Å². The fourth-order valence-corrected chi connectivity index (χ4v) is 2.83. The molecule has 2 heterocycles. The summed E-state index contributed by atoms with van der Waals surface area (Å²) in [5.74, 6) is 0.183. The van der Waals surface area contributed by atoms with E-state index in [-0.39, 0.29) is 5.92 Å². The van der Waals surface area contributed by atoms with E-state index in [1.54, 1.807) is 11.3 Å². The Bertz CT molecular complexity index is 307. The number of rotatable bonds is 3. The predicted molar refractivity (Wildman–Crippen MR) is 61.0 cm³/mol. The van der Waals surface area contributed by atoms with Crippen molar-refractivity contribution in [2.45, 2.75) is 32.4 Å². The van der Waals surface area contributed by atoms with Crippen molar-refractivity contribution in [1.29, 1.82) is 0 Å². The predicted octanol–water partition coefficient (Wildman–Crippen LogP) is 2.33. The standard InChI is InChI=1S/C11H17FN2S/c1-8-7-15-11(14-8)5-10(12)9-3-2-4-13-6-9/h7,9-10,13H,2-6H2,1H3. The first-order chi connectivity index (χ1) is 7.25. The Hall–Kier alpha value is -0.480. The molecule has 1 aromatic rings. The van der Waals surface area contributed by atoms with Gasteiger partial charge >= 0.3 is 0 Å². The van der Waals surface area contributed by atoms with Gasteiger partial charge in [-0.3, -0.25) is 0 Å². The molecule has 1 N–H and O–H groups in total. The van der Waals surface area contributed by atoms with Gasteiger partial charge < -0.3 is 5.32 Å². The highest BCUT2D eigenvalue weighted by atomic mass is 32.1. The molecule has 1 aromatic heterocycles. The molecule has 2 nitrogen and oxygen atoms in total. The Balaban J connectivity index is 1.88. The van der Waals surface area contributed by atoms with Crippen LogP contribution in [0, 0.1) is 12.8 Å².